The quantitative estimate of drug-likeness (QED) is 0.0706. The first-order valence-corrected chi connectivity index (χ1v) is 25.4. The lowest BCUT2D eigenvalue weighted by molar-refractivity contribution is -0.688. The highest BCUT2D eigenvalue weighted by Gasteiger charge is 2.33. The summed E-state index contributed by atoms with van der Waals surface area (Å²) in [6, 6.07) is 33.8. The third-order valence-electron chi connectivity index (χ3n) is 11.5. The monoisotopic (exact) mass is 956 g/mol. The maximum atomic E-state index is 12.8. The highest BCUT2D eigenvalue weighted by molar-refractivity contribution is 15.0. The molecule has 3 aliphatic rings. The molecule has 1 aliphatic heterocycles. The van der Waals surface area contributed by atoms with Crippen LogP contribution in [0.3, 0.4) is 0 Å². The topological polar surface area (TPSA) is 41.3 Å². The number of hydrogen-bond acceptors (Lipinski definition) is 3. The molecule has 1 saturated heterocycles. The van der Waals surface area contributed by atoms with Gasteiger partial charge >= 0.3 is 0 Å². The Bertz CT molecular complexity index is 2100. The number of fused-ring (bicyclic) bond motifs is 2. The lowest BCUT2D eigenvalue weighted by Gasteiger charge is -2.33. The molecule has 0 bridgehead atoms. The zero-order valence-electron chi connectivity index (χ0n) is 33.0. The first-order valence-electron chi connectivity index (χ1n) is 19.1. The van der Waals surface area contributed by atoms with Crippen LogP contribution >= 0.6 is 37.2 Å². The summed E-state index contributed by atoms with van der Waals surface area (Å²) >= 11 is 4.24. The number of pyridine rings is 1. The van der Waals surface area contributed by atoms with Gasteiger partial charge < -0.3 is 7.43 Å². The standard InChI is InChI=1S/C24H29NO.C24H22NO.CH3.I2/c2*1-17-12-21-15-22(24(26)23(21)13-18(17)2)14-19-8-10-25(11-9-19)16-20-6-4-3-5-7-20;;1-2/h3-7,12-13,19,22H,8-11,14-16H2,1-2H3;3-14H,15-16H2,1-2H3;1H3;/q;+1;-1;/b;22-14+;;. The molecule has 4 aromatic carbocycles. The van der Waals surface area contributed by atoms with Crippen molar-refractivity contribution in [2.24, 2.45) is 11.8 Å². The molecule has 0 spiro atoms. The van der Waals surface area contributed by atoms with Gasteiger partial charge in [-0.1, -0.05) is 72.8 Å². The van der Waals surface area contributed by atoms with Crippen LogP contribution in [0.4, 0.5) is 0 Å². The Morgan fingerprint density at radius 2 is 1.25 bits per heavy atom. The normalized spacial score (nSPS) is 17.1. The van der Waals surface area contributed by atoms with Crippen LogP contribution in [0.2, 0.25) is 0 Å². The zero-order valence-corrected chi connectivity index (χ0v) is 37.3. The summed E-state index contributed by atoms with van der Waals surface area (Å²) in [4.78, 5) is 28.1. The number of ketones is 2. The van der Waals surface area contributed by atoms with Crippen molar-refractivity contribution in [1.82, 2.24) is 4.90 Å². The van der Waals surface area contributed by atoms with Crippen LogP contribution in [0.1, 0.15) is 90.0 Å². The fourth-order valence-corrected chi connectivity index (χ4v) is 8.14. The van der Waals surface area contributed by atoms with Crippen molar-refractivity contribution in [3.05, 3.63) is 184 Å². The molecule has 4 nitrogen and oxygen atoms in total. The van der Waals surface area contributed by atoms with Crippen molar-refractivity contribution in [2.45, 2.75) is 72.9 Å². The Morgan fingerprint density at radius 1 is 0.709 bits per heavy atom. The number of likely N-dealkylation sites (tertiary alicyclic amines) is 1. The summed E-state index contributed by atoms with van der Waals surface area (Å²) < 4.78 is 2.15. The second-order valence-electron chi connectivity index (χ2n) is 15.4. The van der Waals surface area contributed by atoms with Crippen LogP contribution in [-0.4, -0.2) is 29.6 Å². The summed E-state index contributed by atoms with van der Waals surface area (Å²) in [6.07, 6.45) is 11.4. The molecule has 1 unspecified atom stereocenters. The van der Waals surface area contributed by atoms with E-state index >= 15 is 0 Å². The van der Waals surface area contributed by atoms with E-state index < -0.39 is 0 Å². The minimum Gasteiger partial charge on any atom is -0.358 e. The van der Waals surface area contributed by atoms with Crippen molar-refractivity contribution in [2.75, 3.05) is 13.1 Å². The second kappa shape index (κ2) is 20.1. The molecular weight excluding hydrogens is 902 g/mol. The number of aryl methyl sites for hydroxylation is 4. The van der Waals surface area contributed by atoms with Gasteiger partial charge in [0, 0.05) is 90.5 Å². The molecule has 1 atom stereocenters. The predicted molar refractivity (Wildman–Crippen MR) is 245 cm³/mol. The molecule has 286 valence electrons. The predicted octanol–water partition coefficient (Wildman–Crippen LogP) is 11.6. The SMILES string of the molecule is Cc1cc2c(cc1C)C(=O)/C(=C/c1cc[n+](Cc3ccccc3)cc1)C2.Cc1cc2c(cc1C)C(=O)C(CC1CCN(Cc3ccccc3)CC1)C2.II.[CH3-]. The van der Waals surface area contributed by atoms with E-state index in [9.17, 15) is 9.59 Å². The number of Topliss-reactive ketones (excluding diaryl/α,β-unsaturated/α-hetero) is 2. The average Bonchev–Trinajstić information content (AvgIpc) is 3.65. The van der Waals surface area contributed by atoms with Gasteiger partial charge in [0.2, 0.25) is 0 Å². The average molecular weight is 957 g/mol. The van der Waals surface area contributed by atoms with E-state index in [-0.39, 0.29) is 19.1 Å². The molecular formula is C49H54I2N2O2. The van der Waals surface area contributed by atoms with Gasteiger partial charge in [-0.05, 0) is 135 Å². The molecule has 8 rings (SSSR count). The van der Waals surface area contributed by atoms with Crippen molar-refractivity contribution < 1.29 is 14.2 Å². The number of carbonyl (C=O) groups excluding carboxylic acids is 2. The van der Waals surface area contributed by atoms with Gasteiger partial charge in [-0.3, -0.25) is 14.5 Å². The highest BCUT2D eigenvalue weighted by atomic mass is 128. The summed E-state index contributed by atoms with van der Waals surface area (Å²) in [6.45, 7) is 12.6. The Hall–Kier alpha value is -3.47. The van der Waals surface area contributed by atoms with Gasteiger partial charge in [0.15, 0.2) is 30.5 Å². The van der Waals surface area contributed by atoms with Gasteiger partial charge in [-0.25, -0.2) is 4.57 Å². The highest BCUT2D eigenvalue weighted by Crippen LogP contribution is 2.35. The number of halogens is 2. The Balaban J connectivity index is 0.000000199. The Morgan fingerprint density at radius 3 is 1.87 bits per heavy atom. The zero-order chi connectivity index (χ0) is 38.2. The third-order valence-corrected chi connectivity index (χ3v) is 11.5. The minimum absolute atomic E-state index is 0. The molecule has 5 aromatic rings. The number of benzene rings is 4. The third kappa shape index (κ3) is 10.9. The van der Waals surface area contributed by atoms with E-state index in [0.29, 0.717) is 11.7 Å². The lowest BCUT2D eigenvalue weighted by atomic mass is 9.85. The second-order valence-corrected chi connectivity index (χ2v) is 15.4. The molecule has 6 heteroatoms. The molecule has 2 heterocycles. The van der Waals surface area contributed by atoms with Crippen LogP contribution < -0.4 is 4.57 Å². The summed E-state index contributed by atoms with van der Waals surface area (Å²) in [5.41, 5.74) is 13.9. The molecule has 1 fully saturated rings. The molecule has 1 aromatic heterocycles. The van der Waals surface area contributed by atoms with Crippen LogP contribution in [0, 0.1) is 47.0 Å². The van der Waals surface area contributed by atoms with Gasteiger partial charge in [0.25, 0.3) is 0 Å². The number of allylic oxidation sites excluding steroid dienone is 1. The van der Waals surface area contributed by atoms with E-state index in [2.05, 4.69) is 172 Å². The molecule has 0 saturated carbocycles. The fourth-order valence-electron chi connectivity index (χ4n) is 8.14. The van der Waals surface area contributed by atoms with Gasteiger partial charge in [0.1, 0.15) is 0 Å². The van der Waals surface area contributed by atoms with Crippen LogP contribution in [0.5, 0.6) is 0 Å². The van der Waals surface area contributed by atoms with Crippen LogP contribution in [0.15, 0.2) is 115 Å². The van der Waals surface area contributed by atoms with E-state index in [1.807, 2.05) is 18.2 Å². The van der Waals surface area contributed by atoms with Crippen molar-refractivity contribution in [3.8, 4) is 0 Å². The molecule has 0 amide bonds. The first-order chi connectivity index (χ1) is 26.2. The number of aromatic nitrogens is 1. The minimum atomic E-state index is 0. The smallest absolute Gasteiger partial charge is 0.189 e. The van der Waals surface area contributed by atoms with Gasteiger partial charge in [0.05, 0.1) is 0 Å². The number of piperidine rings is 1. The van der Waals surface area contributed by atoms with Gasteiger partial charge in [-0.2, -0.15) is 0 Å². The Kier molecular flexibility index (Phi) is 15.6. The maximum absolute atomic E-state index is 12.8. The molecule has 0 N–H and O–H groups in total. The largest absolute Gasteiger partial charge is 0.358 e. The summed E-state index contributed by atoms with van der Waals surface area (Å²) in [5.74, 6) is 1.49. The van der Waals surface area contributed by atoms with Crippen molar-refractivity contribution in [3.63, 3.8) is 0 Å². The molecule has 0 radical (unpaired) electrons. The van der Waals surface area contributed by atoms with E-state index in [4.69, 9.17) is 0 Å². The summed E-state index contributed by atoms with van der Waals surface area (Å²) in [5, 5.41) is 0. The van der Waals surface area contributed by atoms with Crippen LogP contribution in [-0.2, 0) is 25.9 Å². The number of hydrogen-bond donors (Lipinski definition) is 0. The first kappa shape index (κ1) is 42.7. The molecule has 2 aliphatic carbocycles. The van der Waals surface area contributed by atoms with E-state index in [0.717, 1.165) is 73.3 Å². The molecule has 55 heavy (non-hydrogen) atoms. The van der Waals surface area contributed by atoms with E-state index in [1.165, 1.54) is 51.8 Å². The fraction of sp³-hybridized carbons (Fsp3) is 0.306. The Labute approximate surface area is 352 Å². The van der Waals surface area contributed by atoms with Gasteiger partial charge in [-0.15, -0.1) is 0 Å². The van der Waals surface area contributed by atoms with Crippen molar-refractivity contribution in [1.29, 1.82) is 0 Å². The lowest BCUT2D eigenvalue weighted by Crippen LogP contribution is -2.34. The van der Waals surface area contributed by atoms with Crippen molar-refractivity contribution >= 4 is 54.9 Å². The number of rotatable bonds is 7. The maximum Gasteiger partial charge on any atom is 0.189 e. The van der Waals surface area contributed by atoms with E-state index in [1.54, 1.807) is 0 Å². The summed E-state index contributed by atoms with van der Waals surface area (Å²) in [7, 11) is 0. The van der Waals surface area contributed by atoms with Crippen LogP contribution in [0.25, 0.3) is 6.08 Å². The number of carbonyl (C=O) groups is 2. The number of nitrogens with zero attached hydrogens (tertiary/aromatic N) is 2.